The third-order valence-electron chi connectivity index (χ3n) is 4.68. The Labute approximate surface area is 146 Å². The van der Waals surface area contributed by atoms with Crippen molar-refractivity contribution < 1.29 is 4.79 Å². The summed E-state index contributed by atoms with van der Waals surface area (Å²) < 4.78 is 1.34. The molecule has 1 N–H and O–H groups in total. The largest absolute Gasteiger partial charge is 0.370 e. The van der Waals surface area contributed by atoms with Gasteiger partial charge in [-0.05, 0) is 37.8 Å². The van der Waals surface area contributed by atoms with Gasteiger partial charge in [-0.15, -0.1) is 0 Å². The molecule has 2 aromatic rings. The third kappa shape index (κ3) is 4.23. The number of piperidine rings is 1. The minimum absolute atomic E-state index is 0.0247. The highest BCUT2D eigenvalue weighted by Crippen LogP contribution is 2.22. The molecular weight excluding hydrogens is 318 g/mol. The number of rotatable bonds is 5. The highest BCUT2D eigenvalue weighted by Gasteiger charge is 2.20. The fourth-order valence-corrected chi connectivity index (χ4v) is 2.98. The van der Waals surface area contributed by atoms with E-state index in [9.17, 15) is 9.59 Å². The van der Waals surface area contributed by atoms with E-state index in [0.29, 0.717) is 11.5 Å². The topological polar surface area (TPSA) is 80.1 Å². The first-order valence-corrected chi connectivity index (χ1v) is 8.52. The van der Waals surface area contributed by atoms with E-state index in [0.717, 1.165) is 44.0 Å². The zero-order valence-corrected chi connectivity index (χ0v) is 14.6. The van der Waals surface area contributed by atoms with E-state index in [1.807, 2.05) is 6.07 Å². The molecule has 7 heteroatoms. The molecule has 1 fully saturated rings. The van der Waals surface area contributed by atoms with Gasteiger partial charge < -0.3 is 10.2 Å². The smallest absolute Gasteiger partial charge is 0.268 e. The summed E-state index contributed by atoms with van der Waals surface area (Å²) in [4.78, 5) is 29.5. The lowest BCUT2D eigenvalue weighted by atomic mass is 9.96. The average Bonchev–Trinajstić information content (AvgIpc) is 2.63. The lowest BCUT2D eigenvalue weighted by Crippen LogP contribution is -2.37. The SMILES string of the molecule is CC(=O)c1ccc(NCC2CCN(c3cnn(C)c(=O)c3)CC2)nc1. The van der Waals surface area contributed by atoms with E-state index in [-0.39, 0.29) is 11.3 Å². The maximum atomic E-state index is 11.7. The molecule has 0 atom stereocenters. The quantitative estimate of drug-likeness (QED) is 0.834. The van der Waals surface area contributed by atoms with Crippen molar-refractivity contribution in [3.05, 3.63) is 46.5 Å². The molecule has 0 aromatic carbocycles. The molecule has 0 amide bonds. The number of aryl methyl sites for hydroxylation is 1. The van der Waals surface area contributed by atoms with E-state index in [1.54, 1.807) is 31.6 Å². The van der Waals surface area contributed by atoms with Gasteiger partial charge in [0.15, 0.2) is 5.78 Å². The Morgan fingerprint density at radius 2 is 2.04 bits per heavy atom. The number of nitrogens with one attached hydrogen (secondary N) is 1. The van der Waals surface area contributed by atoms with E-state index in [1.165, 1.54) is 11.6 Å². The molecule has 3 heterocycles. The summed E-state index contributed by atoms with van der Waals surface area (Å²) in [6, 6.07) is 5.28. The standard InChI is InChI=1S/C18H23N5O2/c1-13(24)15-3-4-17(20-11-15)19-10-14-5-7-23(8-6-14)16-9-18(25)22(2)21-12-16/h3-4,9,11-12,14H,5-8,10H2,1-2H3,(H,19,20). The number of carbonyl (C=O) groups excluding carboxylic acids is 1. The fraction of sp³-hybridized carbons (Fsp3) is 0.444. The second-order valence-corrected chi connectivity index (χ2v) is 6.48. The summed E-state index contributed by atoms with van der Waals surface area (Å²) in [6.45, 7) is 4.22. The Bertz CT molecular complexity index is 792. The van der Waals surface area contributed by atoms with Crippen molar-refractivity contribution in [2.45, 2.75) is 19.8 Å². The van der Waals surface area contributed by atoms with Gasteiger partial charge >= 0.3 is 0 Å². The van der Waals surface area contributed by atoms with Gasteiger partial charge in [0.1, 0.15) is 5.82 Å². The van der Waals surface area contributed by atoms with Gasteiger partial charge in [0.05, 0.1) is 11.9 Å². The van der Waals surface area contributed by atoms with Crippen LogP contribution in [0.25, 0.3) is 0 Å². The van der Waals surface area contributed by atoms with Crippen molar-refractivity contribution >= 4 is 17.3 Å². The first-order valence-electron chi connectivity index (χ1n) is 8.52. The number of pyridine rings is 1. The number of hydrogen-bond donors (Lipinski definition) is 1. The first-order chi connectivity index (χ1) is 12.0. The minimum Gasteiger partial charge on any atom is -0.370 e. The first kappa shape index (κ1) is 17.1. The molecular formula is C18H23N5O2. The maximum absolute atomic E-state index is 11.7. The predicted molar refractivity (Wildman–Crippen MR) is 97.1 cm³/mol. The number of carbonyl (C=O) groups is 1. The lowest BCUT2D eigenvalue weighted by Gasteiger charge is -2.33. The molecule has 0 radical (unpaired) electrons. The summed E-state index contributed by atoms with van der Waals surface area (Å²) in [7, 11) is 1.65. The Balaban J connectivity index is 1.50. The molecule has 1 aliphatic rings. The summed E-state index contributed by atoms with van der Waals surface area (Å²) in [5.41, 5.74) is 1.44. The molecule has 3 rings (SSSR count). The summed E-state index contributed by atoms with van der Waals surface area (Å²) in [5, 5.41) is 7.43. The van der Waals surface area contributed by atoms with Crippen LogP contribution in [-0.2, 0) is 7.05 Å². The van der Waals surface area contributed by atoms with E-state index >= 15 is 0 Å². The van der Waals surface area contributed by atoms with Crippen LogP contribution >= 0.6 is 0 Å². The molecule has 132 valence electrons. The van der Waals surface area contributed by atoms with Crippen LogP contribution in [0.15, 0.2) is 35.4 Å². The van der Waals surface area contributed by atoms with Gasteiger partial charge in [-0.25, -0.2) is 9.67 Å². The van der Waals surface area contributed by atoms with Gasteiger partial charge in [-0.3, -0.25) is 9.59 Å². The van der Waals surface area contributed by atoms with Crippen LogP contribution in [0.5, 0.6) is 0 Å². The van der Waals surface area contributed by atoms with Gasteiger partial charge in [0.2, 0.25) is 0 Å². The Morgan fingerprint density at radius 1 is 1.28 bits per heavy atom. The van der Waals surface area contributed by atoms with E-state index < -0.39 is 0 Å². The highest BCUT2D eigenvalue weighted by atomic mass is 16.1. The molecule has 0 aliphatic carbocycles. The lowest BCUT2D eigenvalue weighted by molar-refractivity contribution is 0.101. The molecule has 0 bridgehead atoms. The van der Waals surface area contributed by atoms with Crippen molar-refractivity contribution in [1.29, 1.82) is 0 Å². The number of Topliss-reactive ketones (excluding diaryl/α,β-unsaturated/α-hetero) is 1. The van der Waals surface area contributed by atoms with Crippen molar-refractivity contribution in [3.63, 3.8) is 0 Å². The van der Waals surface area contributed by atoms with Gasteiger partial charge in [0.25, 0.3) is 5.56 Å². The third-order valence-corrected chi connectivity index (χ3v) is 4.68. The second-order valence-electron chi connectivity index (χ2n) is 6.48. The maximum Gasteiger partial charge on any atom is 0.268 e. The molecule has 1 saturated heterocycles. The highest BCUT2D eigenvalue weighted by molar-refractivity contribution is 5.93. The minimum atomic E-state index is -0.0821. The number of anilines is 2. The molecule has 25 heavy (non-hydrogen) atoms. The Morgan fingerprint density at radius 3 is 2.64 bits per heavy atom. The normalized spacial score (nSPS) is 15.2. The monoisotopic (exact) mass is 341 g/mol. The number of aromatic nitrogens is 3. The molecule has 7 nitrogen and oxygen atoms in total. The second kappa shape index (κ2) is 7.46. The molecule has 0 saturated carbocycles. The van der Waals surface area contributed by atoms with Crippen LogP contribution < -0.4 is 15.8 Å². The molecule has 2 aromatic heterocycles. The average molecular weight is 341 g/mol. The van der Waals surface area contributed by atoms with Crippen LogP contribution in [-0.4, -0.2) is 40.2 Å². The van der Waals surface area contributed by atoms with Crippen molar-refractivity contribution in [1.82, 2.24) is 14.8 Å². The van der Waals surface area contributed by atoms with Crippen molar-refractivity contribution in [3.8, 4) is 0 Å². The number of nitrogens with zero attached hydrogens (tertiary/aromatic N) is 4. The van der Waals surface area contributed by atoms with Gasteiger partial charge in [0, 0.05) is 44.5 Å². The van der Waals surface area contributed by atoms with Crippen LogP contribution in [0, 0.1) is 5.92 Å². The zero-order chi connectivity index (χ0) is 17.8. The van der Waals surface area contributed by atoms with Crippen LogP contribution in [0.1, 0.15) is 30.1 Å². The number of ketones is 1. The molecule has 0 unspecified atom stereocenters. The van der Waals surface area contributed by atoms with Crippen LogP contribution in [0.4, 0.5) is 11.5 Å². The van der Waals surface area contributed by atoms with Gasteiger partial charge in [-0.1, -0.05) is 0 Å². The van der Waals surface area contributed by atoms with Crippen molar-refractivity contribution in [2.24, 2.45) is 13.0 Å². The van der Waals surface area contributed by atoms with Crippen molar-refractivity contribution in [2.75, 3.05) is 29.9 Å². The summed E-state index contributed by atoms with van der Waals surface area (Å²) in [5.74, 6) is 1.38. The van der Waals surface area contributed by atoms with E-state index in [4.69, 9.17) is 0 Å². The zero-order valence-electron chi connectivity index (χ0n) is 14.6. The number of hydrogen-bond acceptors (Lipinski definition) is 6. The molecule has 0 spiro atoms. The molecule has 1 aliphatic heterocycles. The van der Waals surface area contributed by atoms with Crippen LogP contribution in [0.3, 0.4) is 0 Å². The van der Waals surface area contributed by atoms with Crippen LogP contribution in [0.2, 0.25) is 0 Å². The summed E-state index contributed by atoms with van der Waals surface area (Å²) >= 11 is 0. The van der Waals surface area contributed by atoms with Gasteiger partial charge in [-0.2, -0.15) is 5.10 Å². The Kier molecular flexibility index (Phi) is 5.11. The Hall–Kier alpha value is -2.70. The predicted octanol–water partition coefficient (Wildman–Crippen LogP) is 1.71. The van der Waals surface area contributed by atoms with E-state index in [2.05, 4.69) is 20.3 Å². The fourth-order valence-electron chi connectivity index (χ4n) is 2.98. The summed E-state index contributed by atoms with van der Waals surface area (Å²) in [6.07, 6.45) is 5.46.